The first-order valence-corrected chi connectivity index (χ1v) is 7.13. The van der Waals surface area contributed by atoms with Crippen LogP contribution < -0.4 is 14.8 Å². The zero-order valence-corrected chi connectivity index (χ0v) is 12.9. The Bertz CT molecular complexity index is 825. The summed E-state index contributed by atoms with van der Waals surface area (Å²) in [4.78, 5) is 19.4. The number of pyridine rings is 1. The number of carbonyl (C=O) groups excluding carboxylic acids is 1. The number of carbonyl (C=O) groups is 1. The molecule has 0 aliphatic carbocycles. The van der Waals surface area contributed by atoms with Gasteiger partial charge in [0.25, 0.3) is 5.91 Å². The summed E-state index contributed by atoms with van der Waals surface area (Å²) in [6, 6.07) is 11.1. The smallest absolute Gasteiger partial charge is 0.267 e. The lowest BCUT2D eigenvalue weighted by Crippen LogP contribution is -2.23. The third kappa shape index (κ3) is 3.26. The fourth-order valence-electron chi connectivity index (χ4n) is 2.27. The summed E-state index contributed by atoms with van der Waals surface area (Å²) in [5.41, 5.74) is 2.27. The number of aromatic amines is 1. The summed E-state index contributed by atoms with van der Waals surface area (Å²) in [5, 5.41) is 3.82. The molecular formula is C17H17N3O3. The molecule has 0 aliphatic heterocycles. The SMILES string of the molecule is COc1ccc2cc(C(=O)NCc3ccc(OC)nc3)[nH]c2c1. The van der Waals surface area contributed by atoms with Crippen LogP contribution in [0.5, 0.6) is 11.6 Å². The summed E-state index contributed by atoms with van der Waals surface area (Å²) in [6.07, 6.45) is 1.68. The molecule has 0 unspecified atom stereocenters. The Hall–Kier alpha value is -3.02. The Morgan fingerprint density at radius 3 is 2.74 bits per heavy atom. The number of nitrogens with one attached hydrogen (secondary N) is 2. The Morgan fingerprint density at radius 1 is 1.17 bits per heavy atom. The number of rotatable bonds is 5. The van der Waals surface area contributed by atoms with Gasteiger partial charge in [-0.25, -0.2) is 4.98 Å². The van der Waals surface area contributed by atoms with E-state index in [1.807, 2.05) is 30.3 Å². The Kier molecular flexibility index (Phi) is 4.14. The molecule has 2 aromatic heterocycles. The molecule has 0 bridgehead atoms. The molecule has 0 fully saturated rings. The Balaban J connectivity index is 1.69. The van der Waals surface area contributed by atoms with Gasteiger partial charge in [-0.2, -0.15) is 0 Å². The van der Waals surface area contributed by atoms with Crippen LogP contribution in [-0.4, -0.2) is 30.1 Å². The first-order chi connectivity index (χ1) is 11.2. The second-order valence-electron chi connectivity index (χ2n) is 5.03. The van der Waals surface area contributed by atoms with Gasteiger partial charge in [-0.05, 0) is 23.8 Å². The van der Waals surface area contributed by atoms with Crippen molar-refractivity contribution in [3.8, 4) is 11.6 Å². The van der Waals surface area contributed by atoms with Crippen LogP contribution in [0.25, 0.3) is 10.9 Å². The van der Waals surface area contributed by atoms with Gasteiger partial charge in [0, 0.05) is 35.8 Å². The molecule has 1 aromatic carbocycles. The number of nitrogens with zero attached hydrogens (tertiary/aromatic N) is 1. The highest BCUT2D eigenvalue weighted by molar-refractivity contribution is 5.98. The van der Waals surface area contributed by atoms with E-state index < -0.39 is 0 Å². The van der Waals surface area contributed by atoms with E-state index in [4.69, 9.17) is 9.47 Å². The summed E-state index contributed by atoms with van der Waals surface area (Å²) in [6.45, 7) is 0.397. The molecule has 0 radical (unpaired) electrons. The molecule has 0 aliphatic rings. The average molecular weight is 311 g/mol. The molecule has 0 saturated heterocycles. The van der Waals surface area contributed by atoms with Crippen molar-refractivity contribution in [2.75, 3.05) is 14.2 Å². The normalized spacial score (nSPS) is 10.5. The van der Waals surface area contributed by atoms with Crippen LogP contribution in [0.2, 0.25) is 0 Å². The number of aromatic nitrogens is 2. The lowest BCUT2D eigenvalue weighted by atomic mass is 10.2. The van der Waals surface area contributed by atoms with Gasteiger partial charge >= 0.3 is 0 Å². The summed E-state index contributed by atoms with van der Waals surface area (Å²) in [7, 11) is 3.18. The molecule has 118 valence electrons. The van der Waals surface area contributed by atoms with Crippen LogP contribution in [0.3, 0.4) is 0 Å². The lowest BCUT2D eigenvalue weighted by Gasteiger charge is -2.04. The molecule has 1 amide bonds. The van der Waals surface area contributed by atoms with Crippen LogP contribution in [-0.2, 0) is 6.54 Å². The van der Waals surface area contributed by atoms with Crippen LogP contribution >= 0.6 is 0 Å². The van der Waals surface area contributed by atoms with Crippen LogP contribution in [0.1, 0.15) is 16.1 Å². The minimum Gasteiger partial charge on any atom is -0.497 e. The van der Waals surface area contributed by atoms with E-state index >= 15 is 0 Å². The number of amides is 1. The van der Waals surface area contributed by atoms with Gasteiger partial charge in [0.05, 0.1) is 14.2 Å². The molecular weight excluding hydrogens is 294 g/mol. The van der Waals surface area contributed by atoms with Gasteiger partial charge in [-0.1, -0.05) is 6.07 Å². The first-order valence-electron chi connectivity index (χ1n) is 7.13. The van der Waals surface area contributed by atoms with Crippen molar-refractivity contribution in [3.63, 3.8) is 0 Å². The summed E-state index contributed by atoms with van der Waals surface area (Å²) in [5.74, 6) is 1.12. The van der Waals surface area contributed by atoms with Crippen molar-refractivity contribution < 1.29 is 14.3 Å². The quantitative estimate of drug-likeness (QED) is 0.759. The third-order valence-electron chi connectivity index (χ3n) is 3.53. The van der Waals surface area contributed by atoms with E-state index in [0.717, 1.165) is 22.2 Å². The number of ether oxygens (including phenoxy) is 2. The predicted molar refractivity (Wildman–Crippen MR) is 86.8 cm³/mol. The fourth-order valence-corrected chi connectivity index (χ4v) is 2.27. The average Bonchev–Trinajstić information content (AvgIpc) is 3.03. The van der Waals surface area contributed by atoms with Crippen molar-refractivity contribution in [1.82, 2.24) is 15.3 Å². The van der Waals surface area contributed by atoms with Gasteiger partial charge in [-0.3, -0.25) is 4.79 Å². The topological polar surface area (TPSA) is 76.2 Å². The lowest BCUT2D eigenvalue weighted by molar-refractivity contribution is 0.0946. The van der Waals surface area contributed by atoms with Gasteiger partial charge in [-0.15, -0.1) is 0 Å². The van der Waals surface area contributed by atoms with Crippen molar-refractivity contribution in [1.29, 1.82) is 0 Å². The monoisotopic (exact) mass is 311 g/mol. The highest BCUT2D eigenvalue weighted by Gasteiger charge is 2.10. The van der Waals surface area contributed by atoms with Gasteiger partial charge in [0.1, 0.15) is 11.4 Å². The van der Waals surface area contributed by atoms with Crippen molar-refractivity contribution in [2.24, 2.45) is 0 Å². The van der Waals surface area contributed by atoms with Gasteiger partial charge < -0.3 is 19.8 Å². The number of benzene rings is 1. The zero-order chi connectivity index (χ0) is 16.2. The standard InChI is InChI=1S/C17H17N3O3/c1-22-13-5-4-12-7-15(20-14(12)8-13)17(21)19-10-11-3-6-16(23-2)18-9-11/h3-9,20H,10H2,1-2H3,(H,19,21). The molecule has 2 heterocycles. The highest BCUT2D eigenvalue weighted by atomic mass is 16.5. The van der Waals surface area contributed by atoms with E-state index in [1.165, 1.54) is 0 Å². The number of methoxy groups -OCH3 is 2. The van der Waals surface area contributed by atoms with Crippen LogP contribution in [0, 0.1) is 0 Å². The highest BCUT2D eigenvalue weighted by Crippen LogP contribution is 2.21. The van der Waals surface area contributed by atoms with E-state index in [0.29, 0.717) is 18.1 Å². The largest absolute Gasteiger partial charge is 0.497 e. The Labute approximate surface area is 133 Å². The van der Waals surface area contributed by atoms with E-state index in [9.17, 15) is 4.79 Å². The number of hydrogen-bond donors (Lipinski definition) is 2. The first kappa shape index (κ1) is 14.9. The molecule has 3 rings (SSSR count). The van der Waals surface area contributed by atoms with Crippen LogP contribution in [0.15, 0.2) is 42.6 Å². The maximum Gasteiger partial charge on any atom is 0.267 e. The van der Waals surface area contributed by atoms with Crippen molar-refractivity contribution in [2.45, 2.75) is 6.54 Å². The molecule has 0 saturated carbocycles. The second-order valence-corrected chi connectivity index (χ2v) is 5.03. The van der Waals surface area contributed by atoms with Crippen molar-refractivity contribution >= 4 is 16.8 Å². The van der Waals surface area contributed by atoms with E-state index in [-0.39, 0.29) is 5.91 Å². The molecule has 0 atom stereocenters. The number of fused-ring (bicyclic) bond motifs is 1. The predicted octanol–water partition coefficient (Wildman–Crippen LogP) is 2.51. The third-order valence-corrected chi connectivity index (χ3v) is 3.53. The number of H-pyrrole nitrogens is 1. The molecule has 23 heavy (non-hydrogen) atoms. The maximum absolute atomic E-state index is 12.2. The molecule has 2 N–H and O–H groups in total. The maximum atomic E-state index is 12.2. The summed E-state index contributed by atoms with van der Waals surface area (Å²) < 4.78 is 10.2. The minimum atomic E-state index is -0.170. The molecule has 0 spiro atoms. The second kappa shape index (κ2) is 6.39. The minimum absolute atomic E-state index is 0.170. The van der Waals surface area contributed by atoms with Crippen molar-refractivity contribution in [3.05, 3.63) is 53.9 Å². The van der Waals surface area contributed by atoms with Gasteiger partial charge in [0.2, 0.25) is 5.88 Å². The molecule has 6 heteroatoms. The number of hydrogen-bond acceptors (Lipinski definition) is 4. The van der Waals surface area contributed by atoms with E-state index in [2.05, 4.69) is 15.3 Å². The van der Waals surface area contributed by atoms with Gasteiger partial charge in [0.15, 0.2) is 0 Å². The van der Waals surface area contributed by atoms with E-state index in [1.54, 1.807) is 26.5 Å². The van der Waals surface area contributed by atoms with Crippen LogP contribution in [0.4, 0.5) is 0 Å². The zero-order valence-electron chi connectivity index (χ0n) is 12.9. The molecule has 3 aromatic rings. The summed E-state index contributed by atoms with van der Waals surface area (Å²) >= 11 is 0. The fraction of sp³-hybridized carbons (Fsp3) is 0.176. The molecule has 6 nitrogen and oxygen atoms in total. The Morgan fingerprint density at radius 2 is 2.04 bits per heavy atom.